The zero-order chi connectivity index (χ0) is 8.48. The highest BCUT2D eigenvalue weighted by atomic mass is 32.2. The Labute approximate surface area is 69.3 Å². The molecule has 68 valence electrons. The number of phenolic OH excluding ortho intramolecular Hbond substituents is 1. The Morgan fingerprint density at radius 3 is 1.83 bits per heavy atom. The minimum Gasteiger partial charge on any atom is -0.508 e. The number of benzene rings is 1. The van der Waals surface area contributed by atoms with Gasteiger partial charge in [-0.05, 0) is 24.3 Å². The Hall–Kier alpha value is -1.11. The molecule has 0 aliphatic carbocycles. The van der Waals surface area contributed by atoms with Gasteiger partial charge in [0.1, 0.15) is 5.75 Å². The molecule has 0 fully saturated rings. The van der Waals surface area contributed by atoms with Crippen LogP contribution in [0.15, 0.2) is 29.2 Å². The molecule has 0 bridgehead atoms. The lowest BCUT2D eigenvalue weighted by Gasteiger charge is -1.94. The van der Waals surface area contributed by atoms with Crippen molar-refractivity contribution in [1.82, 2.24) is 0 Å². The van der Waals surface area contributed by atoms with E-state index < -0.39 is 10.1 Å². The van der Waals surface area contributed by atoms with E-state index >= 15 is 0 Å². The molecule has 0 spiro atoms. The van der Waals surface area contributed by atoms with Crippen molar-refractivity contribution in [2.24, 2.45) is 0 Å². The van der Waals surface area contributed by atoms with E-state index in [0.717, 1.165) is 12.1 Å². The fourth-order valence-corrected chi connectivity index (χ4v) is 1.10. The summed E-state index contributed by atoms with van der Waals surface area (Å²) in [5, 5.41) is 8.75. The van der Waals surface area contributed by atoms with Crippen LogP contribution in [0.1, 0.15) is 0 Å². The first kappa shape index (κ1) is 10.9. The molecule has 0 amide bonds. The fraction of sp³-hybridized carbons (Fsp3) is 0. The van der Waals surface area contributed by atoms with Gasteiger partial charge in [-0.15, -0.1) is 0 Å². The van der Waals surface area contributed by atoms with Gasteiger partial charge in [0.05, 0.1) is 4.90 Å². The standard InChI is InChI=1S/C6H6O4S.H2O/c7-5-1-3-6(4-2-5)11(8,9)10;/h1-4,7H,(H,8,9,10);1H2. The highest BCUT2D eigenvalue weighted by Gasteiger charge is 2.07. The van der Waals surface area contributed by atoms with E-state index in [-0.39, 0.29) is 16.1 Å². The maximum Gasteiger partial charge on any atom is 0.294 e. The Bertz CT molecular complexity index is 339. The van der Waals surface area contributed by atoms with E-state index in [2.05, 4.69) is 0 Å². The molecule has 0 atom stereocenters. The summed E-state index contributed by atoms with van der Waals surface area (Å²) < 4.78 is 29.3. The number of phenols is 1. The zero-order valence-corrected chi connectivity index (χ0v) is 6.75. The van der Waals surface area contributed by atoms with Gasteiger partial charge in [0, 0.05) is 0 Å². The molecule has 0 saturated heterocycles. The second-order valence-corrected chi connectivity index (χ2v) is 3.39. The average molecular weight is 192 g/mol. The SMILES string of the molecule is O.O=S(=O)(O)c1ccc(O)cc1. The maximum atomic E-state index is 10.4. The van der Waals surface area contributed by atoms with Gasteiger partial charge in [-0.1, -0.05) is 0 Å². The van der Waals surface area contributed by atoms with Crippen molar-refractivity contribution < 1.29 is 23.6 Å². The predicted octanol–water partition coefficient (Wildman–Crippen LogP) is -0.186. The van der Waals surface area contributed by atoms with E-state index in [4.69, 9.17) is 9.66 Å². The van der Waals surface area contributed by atoms with Gasteiger partial charge in [-0.25, -0.2) is 0 Å². The summed E-state index contributed by atoms with van der Waals surface area (Å²) >= 11 is 0. The van der Waals surface area contributed by atoms with Crippen molar-refractivity contribution in [3.63, 3.8) is 0 Å². The maximum absolute atomic E-state index is 10.4. The molecule has 0 aliphatic heterocycles. The summed E-state index contributed by atoms with van der Waals surface area (Å²) in [7, 11) is -4.13. The lowest BCUT2D eigenvalue weighted by molar-refractivity contribution is 0.472. The molecule has 1 rings (SSSR count). The van der Waals surface area contributed by atoms with Crippen LogP contribution in [0.2, 0.25) is 0 Å². The van der Waals surface area contributed by atoms with Crippen LogP contribution < -0.4 is 0 Å². The number of rotatable bonds is 1. The molecule has 0 aromatic heterocycles. The van der Waals surface area contributed by atoms with Gasteiger partial charge in [0.15, 0.2) is 0 Å². The molecule has 0 unspecified atom stereocenters. The first-order chi connectivity index (χ1) is 5.00. The highest BCUT2D eigenvalue weighted by Crippen LogP contribution is 2.13. The molecule has 6 heteroatoms. The predicted molar refractivity (Wildman–Crippen MR) is 41.5 cm³/mol. The zero-order valence-electron chi connectivity index (χ0n) is 5.93. The van der Waals surface area contributed by atoms with Crippen molar-refractivity contribution in [3.05, 3.63) is 24.3 Å². The van der Waals surface area contributed by atoms with E-state index in [0.29, 0.717) is 0 Å². The Morgan fingerprint density at radius 1 is 1.08 bits per heavy atom. The number of hydrogen-bond acceptors (Lipinski definition) is 3. The number of hydrogen-bond donors (Lipinski definition) is 2. The summed E-state index contributed by atoms with van der Waals surface area (Å²) in [6, 6.07) is 4.60. The third-order valence-corrected chi connectivity index (χ3v) is 2.00. The average Bonchev–Trinajstić information content (AvgIpc) is 1.86. The molecule has 0 radical (unpaired) electrons. The van der Waals surface area contributed by atoms with E-state index in [1.807, 2.05) is 0 Å². The molecule has 1 aromatic carbocycles. The van der Waals surface area contributed by atoms with Gasteiger partial charge in [0.25, 0.3) is 10.1 Å². The smallest absolute Gasteiger partial charge is 0.294 e. The topological polar surface area (TPSA) is 106 Å². The van der Waals surface area contributed by atoms with Crippen LogP contribution >= 0.6 is 0 Å². The van der Waals surface area contributed by atoms with E-state index in [1.54, 1.807) is 0 Å². The highest BCUT2D eigenvalue weighted by molar-refractivity contribution is 7.85. The molecular weight excluding hydrogens is 184 g/mol. The van der Waals surface area contributed by atoms with Crippen LogP contribution in [0.3, 0.4) is 0 Å². The van der Waals surface area contributed by atoms with Gasteiger partial charge in [-0.2, -0.15) is 8.42 Å². The first-order valence-corrected chi connectivity index (χ1v) is 4.21. The monoisotopic (exact) mass is 192 g/mol. The second-order valence-electron chi connectivity index (χ2n) is 1.97. The van der Waals surface area contributed by atoms with Crippen LogP contribution in [-0.2, 0) is 10.1 Å². The molecule has 5 nitrogen and oxygen atoms in total. The van der Waals surface area contributed by atoms with Crippen LogP contribution in [0, 0.1) is 0 Å². The van der Waals surface area contributed by atoms with Crippen LogP contribution in [0.4, 0.5) is 0 Å². The third-order valence-electron chi connectivity index (χ3n) is 1.13. The van der Waals surface area contributed by atoms with Crippen LogP contribution in [0.25, 0.3) is 0 Å². The molecule has 12 heavy (non-hydrogen) atoms. The van der Waals surface area contributed by atoms with E-state index in [1.165, 1.54) is 12.1 Å². The van der Waals surface area contributed by atoms with E-state index in [9.17, 15) is 8.42 Å². The molecule has 1 aromatic rings. The summed E-state index contributed by atoms with van der Waals surface area (Å²) in [6.07, 6.45) is 0. The molecule has 0 saturated carbocycles. The second kappa shape index (κ2) is 3.53. The van der Waals surface area contributed by atoms with Crippen molar-refractivity contribution in [1.29, 1.82) is 0 Å². The fourth-order valence-electron chi connectivity index (χ4n) is 0.618. The van der Waals surface area contributed by atoms with Gasteiger partial charge < -0.3 is 10.6 Å². The van der Waals surface area contributed by atoms with Crippen LogP contribution in [-0.4, -0.2) is 23.6 Å². The summed E-state index contributed by atoms with van der Waals surface area (Å²) in [5.74, 6) is -0.0441. The third kappa shape index (κ3) is 2.50. The molecule has 0 heterocycles. The van der Waals surface area contributed by atoms with Crippen molar-refractivity contribution in [3.8, 4) is 5.75 Å². The minimum atomic E-state index is -4.13. The Balaban J connectivity index is 0.00000121. The van der Waals surface area contributed by atoms with Crippen molar-refractivity contribution >= 4 is 10.1 Å². The molecule has 4 N–H and O–H groups in total. The lowest BCUT2D eigenvalue weighted by atomic mass is 10.3. The minimum absolute atomic E-state index is 0. The van der Waals surface area contributed by atoms with Crippen molar-refractivity contribution in [2.45, 2.75) is 4.90 Å². The summed E-state index contributed by atoms with van der Waals surface area (Å²) in [6.45, 7) is 0. The first-order valence-electron chi connectivity index (χ1n) is 2.77. The van der Waals surface area contributed by atoms with Gasteiger partial charge >= 0.3 is 0 Å². The van der Waals surface area contributed by atoms with Crippen molar-refractivity contribution in [2.75, 3.05) is 0 Å². The largest absolute Gasteiger partial charge is 0.508 e. The van der Waals surface area contributed by atoms with Gasteiger partial charge in [0.2, 0.25) is 0 Å². The Kier molecular flexibility index (Phi) is 3.20. The molecule has 0 aliphatic rings. The summed E-state index contributed by atoms with van der Waals surface area (Å²) in [4.78, 5) is -0.227. The molecular formula is C6H8O5S. The lowest BCUT2D eigenvalue weighted by Crippen LogP contribution is -1.96. The normalized spacial score (nSPS) is 10.4. The summed E-state index contributed by atoms with van der Waals surface area (Å²) in [5.41, 5.74) is 0. The quantitative estimate of drug-likeness (QED) is 0.601. The van der Waals surface area contributed by atoms with Crippen LogP contribution in [0.5, 0.6) is 5.75 Å². The number of aromatic hydroxyl groups is 1. The van der Waals surface area contributed by atoms with Gasteiger partial charge in [-0.3, -0.25) is 4.55 Å². The Morgan fingerprint density at radius 2 is 1.50 bits per heavy atom.